The number of rotatable bonds is 3. The van der Waals surface area contributed by atoms with Crippen molar-refractivity contribution in [1.82, 2.24) is 0 Å². The fraction of sp³-hybridized carbons (Fsp3) is 0.462. The molecule has 1 heteroatoms. The van der Waals surface area contributed by atoms with Crippen LogP contribution in [0.1, 0.15) is 41.4 Å². The number of aliphatic hydroxyl groups is 1. The Hall–Kier alpha value is -0.820. The lowest BCUT2D eigenvalue weighted by Gasteiger charge is -2.16. The molecular weight excluding hydrogens is 172 g/mol. The summed E-state index contributed by atoms with van der Waals surface area (Å²) in [5.41, 5.74) is 4.05. The van der Waals surface area contributed by atoms with E-state index in [1.165, 1.54) is 29.5 Å². The largest absolute Gasteiger partial charge is 0.396 e. The van der Waals surface area contributed by atoms with Crippen LogP contribution in [0.15, 0.2) is 18.2 Å². The second kappa shape index (κ2) is 3.74. The zero-order valence-corrected chi connectivity index (χ0v) is 8.66. The third-order valence-electron chi connectivity index (χ3n) is 3.00. The van der Waals surface area contributed by atoms with Gasteiger partial charge in [-0.25, -0.2) is 0 Å². The van der Waals surface area contributed by atoms with E-state index in [1.54, 1.807) is 0 Å². The van der Waals surface area contributed by atoms with Gasteiger partial charge in [0.1, 0.15) is 0 Å². The second-order valence-electron chi connectivity index (χ2n) is 4.23. The highest BCUT2D eigenvalue weighted by Crippen LogP contribution is 2.44. The summed E-state index contributed by atoms with van der Waals surface area (Å²) in [6.45, 7) is 6.28. The monoisotopic (exact) mass is 189 g/mol. The van der Waals surface area contributed by atoms with Gasteiger partial charge in [-0.1, -0.05) is 18.2 Å². The Morgan fingerprint density at radius 1 is 1.50 bits per heavy atom. The Labute approximate surface area is 85.8 Å². The first-order chi connectivity index (χ1) is 6.74. The minimum Gasteiger partial charge on any atom is -0.396 e. The van der Waals surface area contributed by atoms with E-state index in [-0.39, 0.29) is 12.5 Å². The Balaban J connectivity index is 2.41. The van der Waals surface area contributed by atoms with Crippen LogP contribution in [0, 0.1) is 13.8 Å². The SMILES string of the molecule is [CH2]C(CO)c1cccc(C)c1C1CC1. The molecule has 2 rings (SSSR count). The Bertz CT molecular complexity index is 326. The van der Waals surface area contributed by atoms with Crippen LogP contribution in [-0.4, -0.2) is 11.7 Å². The van der Waals surface area contributed by atoms with Crippen LogP contribution >= 0.6 is 0 Å². The quantitative estimate of drug-likeness (QED) is 0.775. The third-order valence-corrected chi connectivity index (χ3v) is 3.00. The molecule has 0 aliphatic heterocycles. The summed E-state index contributed by atoms with van der Waals surface area (Å²) in [6, 6.07) is 6.32. The molecular formula is C13H17O. The normalized spacial score (nSPS) is 18.2. The molecule has 1 aliphatic rings. The van der Waals surface area contributed by atoms with Crippen molar-refractivity contribution in [2.24, 2.45) is 0 Å². The summed E-state index contributed by atoms with van der Waals surface area (Å²) >= 11 is 0. The molecule has 1 N–H and O–H groups in total. The maximum Gasteiger partial charge on any atom is 0.0499 e. The molecule has 0 heterocycles. The average Bonchev–Trinajstić information content (AvgIpc) is 3.00. The summed E-state index contributed by atoms with van der Waals surface area (Å²) < 4.78 is 0. The minimum atomic E-state index is 0.0329. The van der Waals surface area contributed by atoms with Crippen molar-refractivity contribution in [3.8, 4) is 0 Å². The Morgan fingerprint density at radius 2 is 2.21 bits per heavy atom. The van der Waals surface area contributed by atoms with Crippen molar-refractivity contribution < 1.29 is 5.11 Å². The van der Waals surface area contributed by atoms with Crippen molar-refractivity contribution in [2.45, 2.75) is 31.6 Å². The van der Waals surface area contributed by atoms with E-state index in [2.05, 4.69) is 32.0 Å². The predicted molar refractivity (Wildman–Crippen MR) is 58.3 cm³/mol. The molecule has 1 aliphatic carbocycles. The van der Waals surface area contributed by atoms with Gasteiger partial charge in [0.2, 0.25) is 0 Å². The molecule has 1 atom stereocenters. The Morgan fingerprint density at radius 3 is 2.79 bits per heavy atom. The highest BCUT2D eigenvalue weighted by atomic mass is 16.3. The molecule has 0 aromatic heterocycles. The lowest BCUT2D eigenvalue weighted by Crippen LogP contribution is -2.04. The van der Waals surface area contributed by atoms with Crippen molar-refractivity contribution >= 4 is 0 Å². The molecule has 75 valence electrons. The Kier molecular flexibility index (Phi) is 2.60. The van der Waals surface area contributed by atoms with E-state index in [9.17, 15) is 0 Å². The topological polar surface area (TPSA) is 20.2 Å². The number of benzene rings is 1. The lowest BCUT2D eigenvalue weighted by atomic mass is 9.90. The molecule has 1 unspecified atom stereocenters. The van der Waals surface area contributed by atoms with Crippen molar-refractivity contribution in [2.75, 3.05) is 6.61 Å². The molecule has 1 saturated carbocycles. The van der Waals surface area contributed by atoms with Crippen molar-refractivity contribution in [3.05, 3.63) is 41.8 Å². The van der Waals surface area contributed by atoms with Gasteiger partial charge >= 0.3 is 0 Å². The van der Waals surface area contributed by atoms with Crippen LogP contribution in [0.3, 0.4) is 0 Å². The van der Waals surface area contributed by atoms with E-state index in [1.807, 2.05) is 0 Å². The van der Waals surface area contributed by atoms with E-state index in [0.29, 0.717) is 0 Å². The molecule has 1 aromatic rings. The van der Waals surface area contributed by atoms with Gasteiger partial charge in [-0.2, -0.15) is 0 Å². The average molecular weight is 189 g/mol. The molecule has 0 spiro atoms. The van der Waals surface area contributed by atoms with Crippen LogP contribution in [0.2, 0.25) is 0 Å². The highest BCUT2D eigenvalue weighted by molar-refractivity contribution is 5.42. The van der Waals surface area contributed by atoms with Gasteiger partial charge in [0.15, 0.2) is 0 Å². The van der Waals surface area contributed by atoms with E-state index in [0.717, 1.165) is 5.92 Å². The number of aliphatic hydroxyl groups excluding tert-OH is 1. The zero-order chi connectivity index (χ0) is 10.1. The maximum atomic E-state index is 9.14. The summed E-state index contributed by atoms with van der Waals surface area (Å²) in [4.78, 5) is 0. The van der Waals surface area contributed by atoms with Gasteiger partial charge in [0, 0.05) is 12.5 Å². The van der Waals surface area contributed by atoms with Crippen LogP contribution in [0.4, 0.5) is 0 Å². The standard InChI is InChI=1S/C13H17O/c1-9-4-3-5-12(10(2)8-14)13(9)11-6-7-11/h3-5,10-11,14H,2,6-8H2,1H3. The summed E-state index contributed by atoms with van der Waals surface area (Å²) in [5, 5.41) is 9.14. The number of aryl methyl sites for hydroxylation is 1. The molecule has 14 heavy (non-hydrogen) atoms. The third kappa shape index (κ3) is 1.69. The highest BCUT2D eigenvalue weighted by Gasteiger charge is 2.28. The second-order valence-corrected chi connectivity index (χ2v) is 4.23. The van der Waals surface area contributed by atoms with Gasteiger partial charge in [0.25, 0.3) is 0 Å². The van der Waals surface area contributed by atoms with E-state index < -0.39 is 0 Å². The van der Waals surface area contributed by atoms with Crippen LogP contribution < -0.4 is 0 Å². The van der Waals surface area contributed by atoms with Crippen molar-refractivity contribution in [1.29, 1.82) is 0 Å². The van der Waals surface area contributed by atoms with Gasteiger partial charge < -0.3 is 5.11 Å². The summed E-state index contributed by atoms with van der Waals surface area (Å²) in [5.74, 6) is 0.771. The van der Waals surface area contributed by atoms with Crippen LogP contribution in [-0.2, 0) is 0 Å². The first-order valence-electron chi connectivity index (χ1n) is 5.27. The van der Waals surface area contributed by atoms with Gasteiger partial charge in [0.05, 0.1) is 0 Å². The molecule has 1 fully saturated rings. The fourth-order valence-corrected chi connectivity index (χ4v) is 2.09. The molecule has 1 aromatic carbocycles. The molecule has 0 bridgehead atoms. The van der Waals surface area contributed by atoms with Crippen LogP contribution in [0.5, 0.6) is 0 Å². The van der Waals surface area contributed by atoms with Gasteiger partial charge in [-0.3, -0.25) is 0 Å². The number of hydrogen-bond donors (Lipinski definition) is 1. The molecule has 0 saturated heterocycles. The first kappa shape index (κ1) is 9.72. The maximum absolute atomic E-state index is 9.14. The molecule has 0 amide bonds. The smallest absolute Gasteiger partial charge is 0.0499 e. The predicted octanol–water partition coefficient (Wildman–Crippen LogP) is 2.78. The lowest BCUT2D eigenvalue weighted by molar-refractivity contribution is 0.282. The van der Waals surface area contributed by atoms with Crippen LogP contribution in [0.25, 0.3) is 0 Å². The first-order valence-corrected chi connectivity index (χ1v) is 5.27. The fourth-order valence-electron chi connectivity index (χ4n) is 2.09. The van der Waals surface area contributed by atoms with Gasteiger partial charge in [-0.05, 0) is 49.3 Å². The minimum absolute atomic E-state index is 0.0329. The van der Waals surface area contributed by atoms with E-state index >= 15 is 0 Å². The van der Waals surface area contributed by atoms with Crippen molar-refractivity contribution in [3.63, 3.8) is 0 Å². The molecule has 1 radical (unpaired) electrons. The van der Waals surface area contributed by atoms with E-state index in [4.69, 9.17) is 5.11 Å². The van der Waals surface area contributed by atoms with Gasteiger partial charge in [-0.15, -0.1) is 0 Å². The number of hydrogen-bond acceptors (Lipinski definition) is 1. The zero-order valence-electron chi connectivity index (χ0n) is 8.66. The summed E-state index contributed by atoms with van der Waals surface area (Å²) in [6.07, 6.45) is 2.60. The summed E-state index contributed by atoms with van der Waals surface area (Å²) in [7, 11) is 0. The molecule has 1 nitrogen and oxygen atoms in total.